The minimum Gasteiger partial charge on any atom is -0.338 e. The van der Waals surface area contributed by atoms with Crippen molar-refractivity contribution in [3.63, 3.8) is 0 Å². The van der Waals surface area contributed by atoms with Crippen LogP contribution < -0.4 is 5.56 Å². The van der Waals surface area contributed by atoms with E-state index in [1.807, 2.05) is 29.5 Å². The van der Waals surface area contributed by atoms with Gasteiger partial charge in [-0.15, -0.1) is 16.8 Å². The minimum atomic E-state index is -0.113. The summed E-state index contributed by atoms with van der Waals surface area (Å²) < 4.78 is 8.69. The highest BCUT2D eigenvalue weighted by molar-refractivity contribution is 7.99. The number of nitrogens with zero attached hydrogens (tertiary/aromatic N) is 6. The molecule has 0 saturated carbocycles. The molecule has 0 saturated heterocycles. The first-order valence-corrected chi connectivity index (χ1v) is 8.92. The highest BCUT2D eigenvalue weighted by Crippen LogP contribution is 2.33. The van der Waals surface area contributed by atoms with E-state index in [1.54, 1.807) is 23.6 Å². The SMILES string of the molecule is C=CCn1c(=O)c2ccccc2n2c(SC(C)c3nc(C)no3)nnc12. The Morgan fingerprint density at radius 3 is 2.88 bits per heavy atom. The van der Waals surface area contributed by atoms with Crippen LogP contribution in [-0.2, 0) is 6.54 Å². The maximum Gasteiger partial charge on any atom is 0.263 e. The van der Waals surface area contributed by atoms with Crippen molar-refractivity contribution in [2.45, 2.75) is 30.8 Å². The van der Waals surface area contributed by atoms with Gasteiger partial charge in [-0.25, -0.2) is 0 Å². The normalized spacial score (nSPS) is 12.7. The van der Waals surface area contributed by atoms with E-state index in [9.17, 15) is 4.79 Å². The molecule has 132 valence electrons. The zero-order chi connectivity index (χ0) is 18.3. The number of benzene rings is 1. The summed E-state index contributed by atoms with van der Waals surface area (Å²) in [7, 11) is 0. The van der Waals surface area contributed by atoms with Crippen molar-refractivity contribution < 1.29 is 4.52 Å². The van der Waals surface area contributed by atoms with Gasteiger partial charge in [-0.3, -0.25) is 13.8 Å². The molecule has 4 aromatic rings. The molecule has 3 aromatic heterocycles. The smallest absolute Gasteiger partial charge is 0.263 e. The molecule has 1 atom stereocenters. The average Bonchev–Trinajstić information content (AvgIpc) is 3.25. The lowest BCUT2D eigenvalue weighted by atomic mass is 10.2. The summed E-state index contributed by atoms with van der Waals surface area (Å²) in [5.41, 5.74) is 0.645. The molecule has 0 spiro atoms. The molecule has 1 unspecified atom stereocenters. The fourth-order valence-corrected chi connectivity index (χ4v) is 3.68. The summed E-state index contributed by atoms with van der Waals surface area (Å²) in [6, 6.07) is 7.42. The van der Waals surface area contributed by atoms with E-state index < -0.39 is 0 Å². The second-order valence-corrected chi connectivity index (χ2v) is 7.09. The average molecular weight is 368 g/mol. The Labute approximate surface area is 152 Å². The van der Waals surface area contributed by atoms with Gasteiger partial charge in [0.25, 0.3) is 5.56 Å². The highest BCUT2D eigenvalue weighted by Gasteiger charge is 2.21. The summed E-state index contributed by atoms with van der Waals surface area (Å²) in [6.07, 6.45) is 1.67. The number of hydrogen-bond acceptors (Lipinski definition) is 7. The van der Waals surface area contributed by atoms with Crippen LogP contribution in [0.3, 0.4) is 0 Å². The van der Waals surface area contributed by atoms with E-state index in [0.717, 1.165) is 5.52 Å². The van der Waals surface area contributed by atoms with E-state index in [1.165, 1.54) is 11.8 Å². The molecule has 0 radical (unpaired) electrons. The number of hydrogen-bond donors (Lipinski definition) is 0. The number of para-hydroxylation sites is 1. The molecule has 0 aliphatic rings. The predicted octanol–water partition coefficient (Wildman–Crippen LogP) is 2.77. The monoisotopic (exact) mass is 368 g/mol. The van der Waals surface area contributed by atoms with Crippen molar-refractivity contribution in [3.8, 4) is 0 Å². The lowest BCUT2D eigenvalue weighted by Gasteiger charge is -2.10. The number of aryl methyl sites for hydroxylation is 1. The quantitative estimate of drug-likeness (QED) is 0.395. The maximum absolute atomic E-state index is 12.8. The fraction of sp³-hybridized carbons (Fsp3) is 0.235. The third-order valence-electron chi connectivity index (χ3n) is 3.96. The van der Waals surface area contributed by atoms with Crippen LogP contribution in [0.2, 0.25) is 0 Å². The molecule has 0 amide bonds. The Hall–Kier alpha value is -2.94. The van der Waals surface area contributed by atoms with Crippen molar-refractivity contribution in [3.05, 3.63) is 59.0 Å². The maximum atomic E-state index is 12.8. The molecule has 9 heteroatoms. The molecule has 26 heavy (non-hydrogen) atoms. The van der Waals surface area contributed by atoms with Gasteiger partial charge in [0.2, 0.25) is 11.7 Å². The summed E-state index contributed by atoms with van der Waals surface area (Å²) in [6.45, 7) is 7.82. The molecule has 0 aliphatic heterocycles. The molecule has 0 aliphatic carbocycles. The van der Waals surface area contributed by atoms with Crippen LogP contribution in [0, 0.1) is 6.92 Å². The van der Waals surface area contributed by atoms with Gasteiger partial charge >= 0.3 is 0 Å². The molecule has 4 rings (SSSR count). The number of thioether (sulfide) groups is 1. The number of fused-ring (bicyclic) bond motifs is 3. The largest absolute Gasteiger partial charge is 0.338 e. The Kier molecular flexibility index (Phi) is 4.08. The van der Waals surface area contributed by atoms with Crippen LogP contribution in [0.1, 0.15) is 23.9 Å². The van der Waals surface area contributed by atoms with Crippen molar-refractivity contribution in [1.29, 1.82) is 0 Å². The zero-order valence-electron chi connectivity index (χ0n) is 14.3. The van der Waals surface area contributed by atoms with Gasteiger partial charge < -0.3 is 4.52 Å². The standard InChI is InChI=1S/C17H16N6O2S/c1-4-9-22-15(24)12-7-5-6-8-13(12)23-16(22)19-20-17(23)26-10(2)14-18-11(3)21-25-14/h4-8,10H,1,9H2,2-3H3. The Morgan fingerprint density at radius 1 is 1.35 bits per heavy atom. The first-order valence-electron chi connectivity index (χ1n) is 8.04. The Morgan fingerprint density at radius 2 is 2.15 bits per heavy atom. The predicted molar refractivity (Wildman–Crippen MR) is 98.3 cm³/mol. The molecule has 0 fully saturated rings. The van der Waals surface area contributed by atoms with Crippen LogP contribution >= 0.6 is 11.8 Å². The van der Waals surface area contributed by atoms with Crippen LogP contribution in [0.5, 0.6) is 0 Å². The molecule has 0 N–H and O–H groups in total. The summed E-state index contributed by atoms with van der Waals surface area (Å²) in [5, 5.41) is 13.5. The van der Waals surface area contributed by atoms with Crippen molar-refractivity contribution in [2.24, 2.45) is 0 Å². The van der Waals surface area contributed by atoms with E-state index >= 15 is 0 Å². The molecule has 3 heterocycles. The van der Waals surface area contributed by atoms with E-state index in [2.05, 4.69) is 26.9 Å². The second kappa shape index (κ2) is 6.41. The van der Waals surface area contributed by atoms with E-state index in [4.69, 9.17) is 4.52 Å². The molecule has 8 nitrogen and oxygen atoms in total. The van der Waals surface area contributed by atoms with Gasteiger partial charge in [0, 0.05) is 6.54 Å². The lowest BCUT2D eigenvalue weighted by molar-refractivity contribution is 0.376. The summed E-state index contributed by atoms with van der Waals surface area (Å²) >= 11 is 1.45. The van der Waals surface area contributed by atoms with E-state index in [-0.39, 0.29) is 10.8 Å². The van der Waals surface area contributed by atoms with Gasteiger partial charge in [0.15, 0.2) is 11.0 Å². The zero-order valence-corrected chi connectivity index (χ0v) is 15.1. The summed E-state index contributed by atoms with van der Waals surface area (Å²) in [4.78, 5) is 17.1. The Balaban J connectivity index is 1.91. The van der Waals surface area contributed by atoms with Gasteiger partial charge in [-0.2, -0.15) is 4.98 Å². The number of rotatable bonds is 5. The van der Waals surface area contributed by atoms with Crippen molar-refractivity contribution in [1.82, 2.24) is 29.3 Å². The van der Waals surface area contributed by atoms with E-state index in [0.29, 0.717) is 34.6 Å². The first kappa shape index (κ1) is 16.5. The topological polar surface area (TPSA) is 91.1 Å². The summed E-state index contributed by atoms with van der Waals surface area (Å²) in [5.74, 6) is 1.59. The molecule has 1 aromatic carbocycles. The van der Waals surface area contributed by atoms with Gasteiger partial charge in [0.05, 0.1) is 16.2 Å². The van der Waals surface area contributed by atoms with Crippen LogP contribution in [0.25, 0.3) is 16.7 Å². The van der Waals surface area contributed by atoms with Crippen LogP contribution in [-0.4, -0.2) is 29.3 Å². The third-order valence-corrected chi connectivity index (χ3v) is 4.99. The van der Waals surface area contributed by atoms with Gasteiger partial charge in [-0.05, 0) is 26.0 Å². The first-order chi connectivity index (χ1) is 12.6. The minimum absolute atomic E-state index is 0.109. The lowest BCUT2D eigenvalue weighted by Crippen LogP contribution is -2.22. The number of allylic oxidation sites excluding steroid dienone is 1. The Bertz CT molecular complexity index is 1180. The van der Waals surface area contributed by atoms with Crippen LogP contribution in [0.15, 0.2) is 51.4 Å². The molecular weight excluding hydrogens is 352 g/mol. The van der Waals surface area contributed by atoms with Gasteiger partial charge in [0.1, 0.15) is 0 Å². The van der Waals surface area contributed by atoms with Crippen LogP contribution in [0.4, 0.5) is 0 Å². The highest BCUT2D eigenvalue weighted by atomic mass is 32.2. The molecule has 0 bridgehead atoms. The second-order valence-electron chi connectivity index (χ2n) is 5.78. The third kappa shape index (κ3) is 2.60. The number of aromatic nitrogens is 6. The fourth-order valence-electron chi connectivity index (χ4n) is 2.79. The van der Waals surface area contributed by atoms with Gasteiger partial charge in [-0.1, -0.05) is 35.1 Å². The van der Waals surface area contributed by atoms with Crippen molar-refractivity contribution in [2.75, 3.05) is 0 Å². The molecular formula is C17H16N6O2S. The van der Waals surface area contributed by atoms with Crippen molar-refractivity contribution >= 4 is 28.4 Å².